The molecule has 0 unspecified atom stereocenters. The van der Waals surface area contributed by atoms with Gasteiger partial charge in [-0.2, -0.15) is 13.2 Å². The maximum absolute atomic E-state index is 13.3. The molecule has 2 aromatic carbocycles. The van der Waals surface area contributed by atoms with E-state index in [0.29, 0.717) is 5.56 Å². The lowest BCUT2D eigenvalue weighted by Gasteiger charge is -2.29. The minimum absolute atomic E-state index is 0.0802. The SMILES string of the molecule is CC1=C(C(=O)Nc2ccccc2C(F)(F)F)[C@@H](c2ccc(C(C)(C)C)cc2)NC(=O)N1. The smallest absolute Gasteiger partial charge is 0.327 e. The van der Waals surface area contributed by atoms with Gasteiger partial charge in [0.15, 0.2) is 0 Å². The van der Waals surface area contributed by atoms with E-state index in [2.05, 4.69) is 36.7 Å². The Morgan fingerprint density at radius 2 is 1.61 bits per heavy atom. The molecule has 2 aromatic rings. The molecular weight excluding hydrogens is 407 g/mol. The molecule has 1 heterocycles. The Morgan fingerprint density at radius 1 is 1.00 bits per heavy atom. The van der Waals surface area contributed by atoms with Gasteiger partial charge in [-0.3, -0.25) is 4.79 Å². The van der Waals surface area contributed by atoms with Crippen molar-refractivity contribution in [3.8, 4) is 0 Å². The van der Waals surface area contributed by atoms with Gasteiger partial charge in [0.05, 0.1) is 22.9 Å². The van der Waals surface area contributed by atoms with Crippen molar-refractivity contribution in [2.75, 3.05) is 5.32 Å². The third kappa shape index (κ3) is 4.90. The summed E-state index contributed by atoms with van der Waals surface area (Å²) in [5.41, 5.74) is 0.761. The van der Waals surface area contributed by atoms with Crippen LogP contribution in [0.3, 0.4) is 0 Å². The first-order valence-electron chi connectivity index (χ1n) is 9.74. The highest BCUT2D eigenvalue weighted by Crippen LogP contribution is 2.36. The fourth-order valence-corrected chi connectivity index (χ4v) is 3.45. The molecule has 1 aliphatic heterocycles. The first kappa shape index (κ1) is 22.4. The summed E-state index contributed by atoms with van der Waals surface area (Å²) < 4.78 is 39.9. The van der Waals surface area contributed by atoms with Gasteiger partial charge < -0.3 is 16.0 Å². The van der Waals surface area contributed by atoms with Crippen molar-refractivity contribution in [2.45, 2.75) is 45.3 Å². The number of hydrogen-bond donors (Lipinski definition) is 3. The third-order valence-electron chi connectivity index (χ3n) is 5.10. The highest BCUT2D eigenvalue weighted by atomic mass is 19.4. The number of carbonyl (C=O) groups excluding carboxylic acids is 2. The zero-order valence-corrected chi connectivity index (χ0v) is 17.6. The highest BCUT2D eigenvalue weighted by Gasteiger charge is 2.36. The maximum atomic E-state index is 13.3. The molecule has 0 aliphatic carbocycles. The molecule has 3 rings (SSSR count). The van der Waals surface area contributed by atoms with E-state index in [4.69, 9.17) is 0 Å². The van der Waals surface area contributed by atoms with Gasteiger partial charge in [-0.1, -0.05) is 57.2 Å². The predicted molar refractivity (Wildman–Crippen MR) is 112 cm³/mol. The molecule has 164 valence electrons. The van der Waals surface area contributed by atoms with E-state index >= 15 is 0 Å². The molecule has 0 aromatic heterocycles. The average molecular weight is 431 g/mol. The van der Waals surface area contributed by atoms with E-state index in [0.717, 1.165) is 11.6 Å². The van der Waals surface area contributed by atoms with Gasteiger partial charge in [-0.25, -0.2) is 4.79 Å². The standard InChI is InChI=1S/C23H24F3N3O2/c1-13-18(20(30)28-17-8-6-5-7-16(17)23(24,25)26)19(29-21(31)27-13)14-9-11-15(12-10-14)22(2,3)4/h5-12,19H,1-4H3,(H,28,30)(H2,27,29,31)/t19-/m1/s1. The minimum Gasteiger partial charge on any atom is -0.327 e. The predicted octanol–water partition coefficient (Wildman–Crippen LogP) is 5.27. The molecule has 8 heteroatoms. The molecule has 3 amide bonds. The summed E-state index contributed by atoms with van der Waals surface area (Å²) >= 11 is 0. The van der Waals surface area contributed by atoms with Gasteiger partial charge in [0.1, 0.15) is 0 Å². The van der Waals surface area contributed by atoms with Gasteiger partial charge in [-0.05, 0) is 35.6 Å². The number of para-hydroxylation sites is 1. The number of allylic oxidation sites excluding steroid dienone is 1. The third-order valence-corrected chi connectivity index (χ3v) is 5.10. The first-order chi connectivity index (χ1) is 14.4. The Labute approximate surface area is 178 Å². The van der Waals surface area contributed by atoms with Crippen LogP contribution in [-0.2, 0) is 16.4 Å². The van der Waals surface area contributed by atoms with Crippen LogP contribution < -0.4 is 16.0 Å². The molecule has 3 N–H and O–H groups in total. The Morgan fingerprint density at radius 3 is 2.19 bits per heavy atom. The van der Waals surface area contributed by atoms with Gasteiger partial charge in [-0.15, -0.1) is 0 Å². The van der Waals surface area contributed by atoms with Gasteiger partial charge >= 0.3 is 12.2 Å². The van der Waals surface area contributed by atoms with E-state index in [-0.39, 0.29) is 22.4 Å². The summed E-state index contributed by atoms with van der Waals surface area (Å²) in [6, 6.07) is 10.9. The van der Waals surface area contributed by atoms with Gasteiger partial charge in [0, 0.05) is 5.70 Å². The maximum Gasteiger partial charge on any atom is 0.418 e. The van der Waals surface area contributed by atoms with Crippen molar-refractivity contribution in [1.29, 1.82) is 0 Å². The highest BCUT2D eigenvalue weighted by molar-refractivity contribution is 6.07. The largest absolute Gasteiger partial charge is 0.418 e. The number of amides is 3. The van der Waals surface area contributed by atoms with Crippen LogP contribution in [0.4, 0.5) is 23.7 Å². The number of hydrogen-bond acceptors (Lipinski definition) is 2. The summed E-state index contributed by atoms with van der Waals surface area (Å²) in [5, 5.41) is 7.57. The van der Waals surface area contributed by atoms with Crippen LogP contribution in [0, 0.1) is 0 Å². The number of nitrogens with one attached hydrogen (secondary N) is 3. The number of urea groups is 1. The normalized spacial score (nSPS) is 17.1. The lowest BCUT2D eigenvalue weighted by atomic mass is 9.85. The second kappa shape index (κ2) is 8.09. The number of anilines is 1. The molecule has 0 saturated heterocycles. The lowest BCUT2D eigenvalue weighted by molar-refractivity contribution is -0.137. The Balaban J connectivity index is 1.97. The summed E-state index contributed by atoms with van der Waals surface area (Å²) in [6.45, 7) is 7.74. The van der Waals surface area contributed by atoms with Crippen LogP contribution in [0.1, 0.15) is 50.4 Å². The summed E-state index contributed by atoms with van der Waals surface area (Å²) in [7, 11) is 0. The molecule has 5 nitrogen and oxygen atoms in total. The summed E-state index contributed by atoms with van der Waals surface area (Å²) in [6.07, 6.45) is -4.62. The number of alkyl halides is 3. The quantitative estimate of drug-likeness (QED) is 0.620. The number of rotatable bonds is 3. The average Bonchev–Trinajstić information content (AvgIpc) is 2.66. The van der Waals surface area contributed by atoms with Crippen molar-refractivity contribution in [2.24, 2.45) is 0 Å². The second-order valence-corrected chi connectivity index (χ2v) is 8.44. The molecule has 1 aliphatic rings. The molecule has 0 radical (unpaired) electrons. The van der Waals surface area contributed by atoms with E-state index < -0.39 is 29.7 Å². The topological polar surface area (TPSA) is 70.2 Å². The van der Waals surface area contributed by atoms with E-state index in [9.17, 15) is 22.8 Å². The van der Waals surface area contributed by atoms with Crippen LogP contribution in [0.2, 0.25) is 0 Å². The first-order valence-corrected chi connectivity index (χ1v) is 9.74. The molecule has 1 atom stereocenters. The van der Waals surface area contributed by atoms with Crippen LogP contribution in [-0.4, -0.2) is 11.9 Å². The zero-order chi connectivity index (χ0) is 23.0. The minimum atomic E-state index is -4.62. The molecule has 0 fully saturated rings. The number of carbonyl (C=O) groups is 2. The zero-order valence-electron chi connectivity index (χ0n) is 17.6. The Kier molecular flexibility index (Phi) is 5.85. The molecule has 0 spiro atoms. The van der Waals surface area contributed by atoms with Crippen LogP contribution >= 0.6 is 0 Å². The van der Waals surface area contributed by atoms with Crippen molar-refractivity contribution >= 4 is 17.6 Å². The molecule has 0 bridgehead atoms. The van der Waals surface area contributed by atoms with Gasteiger partial charge in [0.2, 0.25) is 0 Å². The van der Waals surface area contributed by atoms with E-state index in [1.807, 2.05) is 12.1 Å². The second-order valence-electron chi connectivity index (χ2n) is 8.44. The fourth-order valence-electron chi connectivity index (χ4n) is 3.45. The van der Waals surface area contributed by atoms with E-state index in [1.54, 1.807) is 19.1 Å². The molecule has 31 heavy (non-hydrogen) atoms. The van der Waals surface area contributed by atoms with Crippen LogP contribution in [0.15, 0.2) is 59.8 Å². The molecular formula is C23H24F3N3O2. The Bertz CT molecular complexity index is 1040. The summed E-state index contributed by atoms with van der Waals surface area (Å²) in [4.78, 5) is 25.1. The summed E-state index contributed by atoms with van der Waals surface area (Å²) in [5.74, 6) is -0.730. The van der Waals surface area contributed by atoms with Crippen LogP contribution in [0.25, 0.3) is 0 Å². The van der Waals surface area contributed by atoms with E-state index in [1.165, 1.54) is 18.2 Å². The van der Waals surface area contributed by atoms with Gasteiger partial charge in [0.25, 0.3) is 5.91 Å². The monoisotopic (exact) mass is 431 g/mol. The number of benzene rings is 2. The van der Waals surface area contributed by atoms with Crippen molar-refractivity contribution in [3.05, 3.63) is 76.5 Å². The lowest BCUT2D eigenvalue weighted by Crippen LogP contribution is -2.46. The fraction of sp³-hybridized carbons (Fsp3) is 0.304. The van der Waals surface area contributed by atoms with Crippen LogP contribution in [0.5, 0.6) is 0 Å². The van der Waals surface area contributed by atoms with Crippen molar-refractivity contribution in [1.82, 2.24) is 10.6 Å². The van der Waals surface area contributed by atoms with Crippen molar-refractivity contribution in [3.63, 3.8) is 0 Å². The van der Waals surface area contributed by atoms with Crippen molar-refractivity contribution < 1.29 is 22.8 Å². The Hall–Kier alpha value is -3.29. The number of halogens is 3. The molecule has 0 saturated carbocycles.